The number of sulfonamides is 1. The summed E-state index contributed by atoms with van der Waals surface area (Å²) >= 11 is 0. The fourth-order valence-corrected chi connectivity index (χ4v) is 4.83. The molecule has 2 aromatic carbocycles. The fourth-order valence-electron chi connectivity index (χ4n) is 3.84. The summed E-state index contributed by atoms with van der Waals surface area (Å²) in [6, 6.07) is 14.9. The largest absolute Gasteiger partial charge is 0.456 e. The fraction of sp³-hybridized carbons (Fsp3) is 0.273. The van der Waals surface area contributed by atoms with Crippen LogP contribution in [0.4, 0.5) is 0 Å². The lowest BCUT2D eigenvalue weighted by Crippen LogP contribution is -2.48. The average Bonchev–Trinajstić information content (AvgIpc) is 2.78. The number of carbonyl (C=O) groups excluding carboxylic acids is 1. The van der Waals surface area contributed by atoms with Crippen molar-refractivity contribution in [2.24, 2.45) is 0 Å². The molecule has 0 bridgehead atoms. The van der Waals surface area contributed by atoms with Crippen LogP contribution < -0.4 is 5.56 Å². The van der Waals surface area contributed by atoms with Crippen molar-refractivity contribution in [1.82, 2.24) is 13.9 Å². The molecule has 3 aromatic rings. The number of para-hydroxylation sites is 1. The second-order valence-corrected chi connectivity index (χ2v) is 9.43. The van der Waals surface area contributed by atoms with E-state index in [-0.39, 0.29) is 31.9 Å². The monoisotopic (exact) mass is 452 g/mol. The number of hydrogen-bond donors (Lipinski definition) is 0. The van der Waals surface area contributed by atoms with Crippen molar-refractivity contribution < 1.29 is 17.9 Å². The Morgan fingerprint density at radius 2 is 1.88 bits per heavy atom. The molecule has 1 aromatic heterocycles. The van der Waals surface area contributed by atoms with Crippen molar-refractivity contribution in [1.29, 1.82) is 5.26 Å². The topological polar surface area (TPSA) is 122 Å². The minimum atomic E-state index is -3.68. The van der Waals surface area contributed by atoms with Crippen LogP contribution in [0.5, 0.6) is 0 Å². The van der Waals surface area contributed by atoms with E-state index in [1.165, 1.54) is 0 Å². The van der Waals surface area contributed by atoms with Gasteiger partial charge in [0.2, 0.25) is 10.0 Å². The molecular formula is C22H20N4O5S. The van der Waals surface area contributed by atoms with Crippen LogP contribution in [0.25, 0.3) is 10.9 Å². The lowest BCUT2D eigenvalue weighted by atomic mass is 9.96. The minimum Gasteiger partial charge on any atom is -0.456 e. The lowest BCUT2D eigenvalue weighted by Gasteiger charge is -2.33. The maximum atomic E-state index is 12.9. The van der Waals surface area contributed by atoms with E-state index in [2.05, 4.69) is 4.98 Å². The highest BCUT2D eigenvalue weighted by molar-refractivity contribution is 7.88. The quantitative estimate of drug-likeness (QED) is 0.536. The van der Waals surface area contributed by atoms with Crippen LogP contribution in [-0.2, 0) is 45.7 Å². The third-order valence-corrected chi connectivity index (χ3v) is 6.65. The Labute approximate surface area is 184 Å². The van der Waals surface area contributed by atoms with Crippen LogP contribution in [0.15, 0.2) is 53.3 Å². The molecule has 1 aliphatic rings. The first kappa shape index (κ1) is 21.7. The van der Waals surface area contributed by atoms with E-state index in [9.17, 15) is 18.0 Å². The van der Waals surface area contributed by atoms with Crippen LogP contribution in [-0.4, -0.2) is 40.5 Å². The van der Waals surface area contributed by atoms with Gasteiger partial charge in [0.1, 0.15) is 19.2 Å². The first-order chi connectivity index (χ1) is 15.3. The van der Waals surface area contributed by atoms with Gasteiger partial charge in [-0.1, -0.05) is 36.4 Å². The minimum absolute atomic E-state index is 0.0716. The van der Waals surface area contributed by atoms with Gasteiger partial charge in [-0.05, 0) is 23.3 Å². The molecule has 0 unspecified atom stereocenters. The van der Waals surface area contributed by atoms with Gasteiger partial charge in [0.25, 0.3) is 5.56 Å². The predicted molar refractivity (Wildman–Crippen MR) is 116 cm³/mol. The van der Waals surface area contributed by atoms with Gasteiger partial charge in [-0.15, -0.1) is 0 Å². The summed E-state index contributed by atoms with van der Waals surface area (Å²) in [5, 5.41) is 9.47. The molecule has 1 atom stereocenters. The molecule has 0 fully saturated rings. The number of hydrogen-bond acceptors (Lipinski definition) is 7. The van der Waals surface area contributed by atoms with Gasteiger partial charge in [-0.3, -0.25) is 14.2 Å². The van der Waals surface area contributed by atoms with E-state index in [0.29, 0.717) is 10.9 Å². The molecule has 1 aliphatic heterocycles. The zero-order valence-corrected chi connectivity index (χ0v) is 18.1. The molecule has 164 valence electrons. The van der Waals surface area contributed by atoms with Gasteiger partial charge in [-0.25, -0.2) is 13.4 Å². The molecule has 2 heterocycles. The number of ether oxygens (including phenoxy) is 1. The van der Waals surface area contributed by atoms with Crippen LogP contribution in [0, 0.1) is 11.3 Å². The summed E-state index contributed by atoms with van der Waals surface area (Å²) in [5.41, 5.74) is 1.72. The summed E-state index contributed by atoms with van der Waals surface area (Å²) in [4.78, 5) is 30.1. The Hall–Kier alpha value is -3.55. The molecule has 0 amide bonds. The second-order valence-electron chi connectivity index (χ2n) is 7.50. The Bertz CT molecular complexity index is 1410. The number of rotatable bonds is 5. The molecule has 0 spiro atoms. The third kappa shape index (κ3) is 4.12. The molecule has 10 heteroatoms. The lowest BCUT2D eigenvalue weighted by molar-refractivity contribution is -0.150. The zero-order chi connectivity index (χ0) is 22.9. The smallest absolute Gasteiger partial charge is 0.325 e. The Morgan fingerprint density at radius 1 is 1.19 bits per heavy atom. The van der Waals surface area contributed by atoms with Crippen molar-refractivity contribution in [3.05, 3.63) is 75.8 Å². The number of nitriles is 1. The third-order valence-electron chi connectivity index (χ3n) is 5.42. The molecule has 0 saturated carbocycles. The first-order valence-corrected chi connectivity index (χ1v) is 11.7. The maximum absolute atomic E-state index is 12.9. The van der Waals surface area contributed by atoms with Crippen LogP contribution in [0.2, 0.25) is 0 Å². The molecule has 9 nitrogen and oxygen atoms in total. The highest BCUT2D eigenvalue weighted by Crippen LogP contribution is 2.26. The van der Waals surface area contributed by atoms with Crippen molar-refractivity contribution >= 4 is 26.9 Å². The van der Waals surface area contributed by atoms with Gasteiger partial charge in [0, 0.05) is 13.0 Å². The van der Waals surface area contributed by atoms with Crippen LogP contribution >= 0.6 is 0 Å². The van der Waals surface area contributed by atoms with Gasteiger partial charge in [0.05, 0.1) is 23.2 Å². The summed E-state index contributed by atoms with van der Waals surface area (Å²) in [6.07, 6.45) is 1.23. The summed E-state index contributed by atoms with van der Waals surface area (Å²) < 4.78 is 32.4. The number of carbonyl (C=O) groups is 1. The van der Waals surface area contributed by atoms with E-state index in [4.69, 9.17) is 10.00 Å². The van der Waals surface area contributed by atoms with Gasteiger partial charge in [-0.2, -0.15) is 9.57 Å². The highest BCUT2D eigenvalue weighted by Gasteiger charge is 2.38. The number of fused-ring (bicyclic) bond motifs is 2. The Balaban J connectivity index is 1.63. The highest BCUT2D eigenvalue weighted by atomic mass is 32.2. The molecule has 32 heavy (non-hydrogen) atoms. The predicted octanol–water partition coefficient (Wildman–Crippen LogP) is 1.35. The second kappa shape index (κ2) is 8.53. The standard InChI is InChI=1S/C22H20N4O5S/c1-32(29,30)26-13-16-7-3-2-6-15(16)12-19(26)22(28)31-14-20-24-18-9-5-4-8-17(18)21(27)25(20)11-10-23/h2-9,19H,11-14H2,1H3/t19-/m0/s1. The molecule has 4 rings (SSSR count). The van der Waals surface area contributed by atoms with Gasteiger partial charge >= 0.3 is 5.97 Å². The van der Waals surface area contributed by atoms with Gasteiger partial charge < -0.3 is 4.74 Å². The van der Waals surface area contributed by atoms with Gasteiger partial charge in [0.15, 0.2) is 5.82 Å². The number of nitrogens with zero attached hydrogens (tertiary/aromatic N) is 4. The molecule has 0 aliphatic carbocycles. The van der Waals surface area contributed by atoms with E-state index in [0.717, 1.165) is 26.3 Å². The first-order valence-electron chi connectivity index (χ1n) is 9.85. The molecule has 0 N–H and O–H groups in total. The SMILES string of the molecule is CS(=O)(=O)N1Cc2ccccc2C[C@H]1C(=O)OCc1nc2ccccc2c(=O)n1CC#N. The summed E-state index contributed by atoms with van der Waals surface area (Å²) in [7, 11) is -3.68. The zero-order valence-electron chi connectivity index (χ0n) is 17.3. The maximum Gasteiger partial charge on any atom is 0.325 e. The Kier molecular flexibility index (Phi) is 5.78. The average molecular weight is 452 g/mol. The summed E-state index contributed by atoms with van der Waals surface area (Å²) in [5.74, 6) is -0.624. The van der Waals surface area contributed by atoms with E-state index in [1.807, 2.05) is 30.3 Å². The number of benzene rings is 2. The molecular weight excluding hydrogens is 432 g/mol. The van der Waals surface area contributed by atoms with Crippen molar-refractivity contribution in [2.75, 3.05) is 6.26 Å². The van der Waals surface area contributed by atoms with Crippen LogP contribution in [0.3, 0.4) is 0 Å². The van der Waals surface area contributed by atoms with E-state index in [1.54, 1.807) is 24.3 Å². The number of aromatic nitrogens is 2. The van der Waals surface area contributed by atoms with Crippen LogP contribution in [0.1, 0.15) is 17.0 Å². The normalized spacial score (nSPS) is 16.3. The Morgan fingerprint density at radius 3 is 2.59 bits per heavy atom. The number of esters is 1. The molecule has 0 saturated heterocycles. The molecule has 0 radical (unpaired) electrons. The van der Waals surface area contributed by atoms with E-state index < -0.39 is 27.6 Å². The van der Waals surface area contributed by atoms with Crippen molar-refractivity contribution in [2.45, 2.75) is 32.2 Å². The summed E-state index contributed by atoms with van der Waals surface area (Å²) in [6.45, 7) is -0.547. The van der Waals surface area contributed by atoms with E-state index >= 15 is 0 Å². The van der Waals surface area contributed by atoms with Crippen molar-refractivity contribution in [3.8, 4) is 6.07 Å². The van der Waals surface area contributed by atoms with Crippen molar-refractivity contribution in [3.63, 3.8) is 0 Å².